The van der Waals surface area contributed by atoms with Crippen LogP contribution in [-0.4, -0.2) is 32.2 Å². The Morgan fingerprint density at radius 2 is 1.57 bits per heavy atom. The van der Waals surface area contributed by atoms with Crippen molar-refractivity contribution in [3.8, 4) is 17.2 Å². The van der Waals surface area contributed by atoms with Gasteiger partial charge in [-0.05, 0) is 48.5 Å². The van der Waals surface area contributed by atoms with Gasteiger partial charge in [-0.2, -0.15) is 0 Å². The Balaban J connectivity index is 1.70. The molecule has 1 amide bonds. The summed E-state index contributed by atoms with van der Waals surface area (Å²) in [5, 5.41) is 5.99. The molecule has 0 aliphatic heterocycles. The molecule has 3 rings (SSSR count). The number of anilines is 3. The molecule has 0 fully saturated rings. The van der Waals surface area contributed by atoms with Crippen LogP contribution in [-0.2, 0) is 0 Å². The van der Waals surface area contributed by atoms with E-state index in [-0.39, 0.29) is 5.91 Å². The summed E-state index contributed by atoms with van der Waals surface area (Å²) in [5.74, 6) is 2.40. The van der Waals surface area contributed by atoms with Crippen LogP contribution < -0.4 is 24.8 Å². The number of hydrogen-bond donors (Lipinski definition) is 2. The van der Waals surface area contributed by atoms with Crippen LogP contribution in [0.3, 0.4) is 0 Å². The first-order valence-electron chi connectivity index (χ1n) is 8.53. The molecular weight excluding hydrogens is 358 g/mol. The van der Waals surface area contributed by atoms with Gasteiger partial charge in [0, 0.05) is 18.0 Å². The van der Waals surface area contributed by atoms with E-state index in [9.17, 15) is 4.79 Å². The molecule has 2 aromatic carbocycles. The van der Waals surface area contributed by atoms with Crippen molar-refractivity contribution in [1.29, 1.82) is 0 Å². The third kappa shape index (κ3) is 4.50. The average molecular weight is 379 g/mol. The molecule has 0 unspecified atom stereocenters. The van der Waals surface area contributed by atoms with Crippen molar-refractivity contribution < 1.29 is 19.0 Å². The molecule has 0 saturated carbocycles. The maximum Gasteiger partial charge on any atom is 0.257 e. The average Bonchev–Trinajstić information content (AvgIpc) is 2.74. The van der Waals surface area contributed by atoms with Crippen molar-refractivity contribution in [1.82, 2.24) is 4.98 Å². The number of hydrogen-bond acceptors (Lipinski definition) is 6. The number of methoxy groups -OCH3 is 3. The van der Waals surface area contributed by atoms with E-state index in [2.05, 4.69) is 15.6 Å². The largest absolute Gasteiger partial charge is 0.497 e. The maximum atomic E-state index is 12.4. The van der Waals surface area contributed by atoms with Crippen LogP contribution in [0.15, 0.2) is 60.8 Å². The predicted molar refractivity (Wildman–Crippen MR) is 108 cm³/mol. The Kier molecular flexibility index (Phi) is 5.96. The Labute approximate surface area is 163 Å². The highest BCUT2D eigenvalue weighted by Crippen LogP contribution is 2.31. The lowest BCUT2D eigenvalue weighted by Crippen LogP contribution is -2.12. The molecule has 0 aliphatic carbocycles. The van der Waals surface area contributed by atoms with Crippen LogP contribution >= 0.6 is 0 Å². The van der Waals surface area contributed by atoms with E-state index in [1.807, 2.05) is 12.1 Å². The quantitative estimate of drug-likeness (QED) is 0.643. The number of pyridine rings is 1. The van der Waals surface area contributed by atoms with Crippen molar-refractivity contribution in [3.05, 3.63) is 66.4 Å². The molecule has 7 heteroatoms. The highest BCUT2D eigenvalue weighted by molar-refractivity contribution is 6.04. The predicted octanol–water partition coefficient (Wildman–Crippen LogP) is 4.10. The van der Waals surface area contributed by atoms with Gasteiger partial charge < -0.3 is 24.8 Å². The van der Waals surface area contributed by atoms with Crippen LogP contribution in [0.25, 0.3) is 0 Å². The monoisotopic (exact) mass is 379 g/mol. The Bertz CT molecular complexity index is 941. The van der Waals surface area contributed by atoms with Gasteiger partial charge in [0.15, 0.2) is 0 Å². The highest BCUT2D eigenvalue weighted by atomic mass is 16.5. The van der Waals surface area contributed by atoms with Gasteiger partial charge in [0.25, 0.3) is 5.91 Å². The smallest absolute Gasteiger partial charge is 0.257 e. The van der Waals surface area contributed by atoms with Crippen LogP contribution in [0.4, 0.5) is 17.2 Å². The van der Waals surface area contributed by atoms with Crippen molar-refractivity contribution in [2.45, 2.75) is 0 Å². The molecule has 1 heterocycles. The van der Waals surface area contributed by atoms with Gasteiger partial charge >= 0.3 is 0 Å². The van der Waals surface area contributed by atoms with Crippen LogP contribution in [0.1, 0.15) is 10.4 Å². The van der Waals surface area contributed by atoms with E-state index in [4.69, 9.17) is 14.2 Å². The second-order valence-electron chi connectivity index (χ2n) is 5.81. The first-order chi connectivity index (χ1) is 13.6. The number of nitrogens with one attached hydrogen (secondary N) is 2. The van der Waals surface area contributed by atoms with Gasteiger partial charge in [-0.15, -0.1) is 0 Å². The Morgan fingerprint density at radius 3 is 2.18 bits per heavy atom. The lowest BCUT2D eigenvalue weighted by atomic mass is 10.2. The molecule has 28 heavy (non-hydrogen) atoms. The first-order valence-corrected chi connectivity index (χ1v) is 8.53. The summed E-state index contributed by atoms with van der Waals surface area (Å²) in [6.07, 6.45) is 1.51. The molecule has 3 aromatic rings. The van der Waals surface area contributed by atoms with Gasteiger partial charge in [0.1, 0.15) is 23.1 Å². The van der Waals surface area contributed by atoms with Crippen LogP contribution in [0, 0.1) is 0 Å². The summed E-state index contributed by atoms with van der Waals surface area (Å²) in [5.41, 5.74) is 1.83. The van der Waals surface area contributed by atoms with Crippen molar-refractivity contribution >= 4 is 23.1 Å². The fourth-order valence-electron chi connectivity index (χ4n) is 2.53. The summed E-state index contributed by atoms with van der Waals surface area (Å²) >= 11 is 0. The van der Waals surface area contributed by atoms with Gasteiger partial charge in [-0.1, -0.05) is 0 Å². The number of benzene rings is 2. The molecule has 0 spiro atoms. The second-order valence-corrected chi connectivity index (χ2v) is 5.81. The fourth-order valence-corrected chi connectivity index (χ4v) is 2.53. The van der Waals surface area contributed by atoms with Crippen LogP contribution in [0.5, 0.6) is 17.2 Å². The minimum absolute atomic E-state index is 0.247. The molecular formula is C21H21N3O4. The molecule has 0 radical (unpaired) electrons. The second kappa shape index (κ2) is 8.77. The zero-order valence-corrected chi connectivity index (χ0v) is 15.9. The van der Waals surface area contributed by atoms with E-state index in [0.29, 0.717) is 34.3 Å². The molecule has 2 N–H and O–H groups in total. The number of amides is 1. The number of nitrogens with zero attached hydrogens (tertiary/aromatic N) is 1. The third-order valence-electron chi connectivity index (χ3n) is 4.04. The minimum Gasteiger partial charge on any atom is -0.497 e. The van der Waals surface area contributed by atoms with Crippen molar-refractivity contribution in [2.24, 2.45) is 0 Å². The van der Waals surface area contributed by atoms with Crippen molar-refractivity contribution in [2.75, 3.05) is 32.0 Å². The number of carbonyl (C=O) groups excluding carboxylic acids is 1. The fraction of sp³-hybridized carbons (Fsp3) is 0.143. The highest BCUT2D eigenvalue weighted by Gasteiger charge is 2.09. The van der Waals surface area contributed by atoms with E-state index < -0.39 is 0 Å². The molecule has 0 saturated heterocycles. The van der Waals surface area contributed by atoms with E-state index in [1.165, 1.54) is 6.20 Å². The van der Waals surface area contributed by atoms with Crippen LogP contribution in [0.2, 0.25) is 0 Å². The summed E-state index contributed by atoms with van der Waals surface area (Å²) in [6.45, 7) is 0. The van der Waals surface area contributed by atoms with E-state index in [1.54, 1.807) is 63.8 Å². The molecule has 144 valence electrons. The number of rotatable bonds is 7. The Hall–Kier alpha value is -3.74. The lowest BCUT2D eigenvalue weighted by molar-refractivity contribution is 0.102. The van der Waals surface area contributed by atoms with Gasteiger partial charge in [-0.3, -0.25) is 4.79 Å². The molecule has 0 bridgehead atoms. The lowest BCUT2D eigenvalue weighted by Gasteiger charge is -2.12. The molecule has 0 aliphatic rings. The molecule has 7 nitrogen and oxygen atoms in total. The van der Waals surface area contributed by atoms with Gasteiger partial charge in [0.2, 0.25) is 0 Å². The molecule has 0 atom stereocenters. The summed E-state index contributed by atoms with van der Waals surface area (Å²) in [4.78, 5) is 16.7. The molecule has 1 aromatic heterocycles. The first kappa shape index (κ1) is 19.0. The SMILES string of the molecule is COc1ccc(NC(=O)c2ccc(Nc3cc(OC)ccc3OC)nc2)cc1. The summed E-state index contributed by atoms with van der Waals surface area (Å²) < 4.78 is 15.7. The van der Waals surface area contributed by atoms with E-state index >= 15 is 0 Å². The van der Waals surface area contributed by atoms with Gasteiger partial charge in [0.05, 0.1) is 32.6 Å². The zero-order chi connectivity index (χ0) is 19.9. The summed E-state index contributed by atoms with van der Waals surface area (Å²) in [6, 6.07) is 15.9. The zero-order valence-electron chi connectivity index (χ0n) is 15.9. The van der Waals surface area contributed by atoms with Crippen molar-refractivity contribution in [3.63, 3.8) is 0 Å². The normalized spacial score (nSPS) is 10.1. The topological polar surface area (TPSA) is 81.7 Å². The van der Waals surface area contributed by atoms with E-state index in [0.717, 1.165) is 5.75 Å². The summed E-state index contributed by atoms with van der Waals surface area (Å²) in [7, 11) is 4.78. The minimum atomic E-state index is -0.247. The van der Waals surface area contributed by atoms with Gasteiger partial charge in [-0.25, -0.2) is 4.98 Å². The number of carbonyl (C=O) groups is 1. The maximum absolute atomic E-state index is 12.4. The standard InChI is InChI=1S/C21H21N3O4/c1-26-16-7-5-15(6-8-16)23-21(25)14-4-11-20(22-13-14)24-18-12-17(27-2)9-10-19(18)28-3/h4-13H,1-3H3,(H,22,24)(H,23,25). The number of ether oxygens (including phenoxy) is 3. The number of aromatic nitrogens is 1. The third-order valence-corrected chi connectivity index (χ3v) is 4.04. The Morgan fingerprint density at radius 1 is 0.857 bits per heavy atom.